The number of nitrogens with one attached hydrogen (secondary N) is 1. The Morgan fingerprint density at radius 1 is 1.21 bits per heavy atom. The van der Waals surface area contributed by atoms with Gasteiger partial charge in [0, 0.05) is 16.8 Å². The maximum atomic E-state index is 12.7. The Balaban J connectivity index is 1.45. The quantitative estimate of drug-likeness (QED) is 0.540. The van der Waals surface area contributed by atoms with E-state index in [9.17, 15) is 4.79 Å². The lowest BCUT2D eigenvalue weighted by molar-refractivity contribution is -0.119. The summed E-state index contributed by atoms with van der Waals surface area (Å²) in [7, 11) is 0. The Morgan fingerprint density at radius 3 is 2.64 bits per heavy atom. The van der Waals surface area contributed by atoms with E-state index in [-0.39, 0.29) is 11.9 Å². The Morgan fingerprint density at radius 2 is 2.00 bits per heavy atom. The fourth-order valence-electron chi connectivity index (χ4n) is 3.21. The Kier molecular flexibility index (Phi) is 5.82. The van der Waals surface area contributed by atoms with Crippen molar-refractivity contribution in [1.29, 1.82) is 0 Å². The van der Waals surface area contributed by atoms with Crippen LogP contribution >= 0.6 is 23.1 Å². The monoisotopic (exact) mass is 412 g/mol. The molecule has 1 fully saturated rings. The van der Waals surface area contributed by atoms with E-state index in [4.69, 9.17) is 0 Å². The zero-order valence-electron chi connectivity index (χ0n) is 16.0. The minimum atomic E-state index is -0.123. The van der Waals surface area contributed by atoms with Crippen molar-refractivity contribution >= 4 is 29.0 Å². The molecule has 1 N–H and O–H groups in total. The van der Waals surface area contributed by atoms with E-state index in [0.717, 1.165) is 21.4 Å². The van der Waals surface area contributed by atoms with Crippen LogP contribution in [0.3, 0.4) is 0 Å². The van der Waals surface area contributed by atoms with Crippen LogP contribution in [-0.2, 0) is 4.79 Å². The first-order valence-electron chi connectivity index (χ1n) is 9.58. The van der Waals surface area contributed by atoms with Gasteiger partial charge in [0.15, 0.2) is 5.16 Å². The van der Waals surface area contributed by atoms with Crippen molar-refractivity contribution in [2.45, 2.75) is 49.8 Å². The predicted octanol–water partition coefficient (Wildman–Crippen LogP) is 4.80. The van der Waals surface area contributed by atoms with Crippen molar-refractivity contribution in [3.63, 3.8) is 0 Å². The number of amides is 1. The normalized spacial score (nSPS) is 15.0. The molecule has 146 valence electrons. The van der Waals surface area contributed by atoms with Crippen molar-refractivity contribution in [3.8, 4) is 0 Å². The highest BCUT2D eigenvalue weighted by molar-refractivity contribution is 7.99. The SMILES string of the molecule is CC(C)c1nnc(SCC(=O)NC(c2ccccc2)c2cccs2)n1C1CC1. The number of nitrogens with zero attached hydrogens (tertiary/aromatic N) is 3. The number of benzene rings is 1. The maximum absolute atomic E-state index is 12.7. The van der Waals surface area contributed by atoms with Crippen molar-refractivity contribution < 1.29 is 4.79 Å². The van der Waals surface area contributed by atoms with Crippen molar-refractivity contribution in [2.75, 3.05) is 5.75 Å². The fourth-order valence-corrected chi connectivity index (χ4v) is 4.84. The van der Waals surface area contributed by atoms with Crippen LogP contribution < -0.4 is 5.32 Å². The van der Waals surface area contributed by atoms with E-state index >= 15 is 0 Å². The third kappa shape index (κ3) is 4.31. The van der Waals surface area contributed by atoms with Crippen LogP contribution in [0, 0.1) is 0 Å². The van der Waals surface area contributed by atoms with Gasteiger partial charge in [-0.2, -0.15) is 0 Å². The van der Waals surface area contributed by atoms with Gasteiger partial charge in [0.1, 0.15) is 5.82 Å². The lowest BCUT2D eigenvalue weighted by atomic mass is 10.1. The second-order valence-corrected chi connectivity index (χ2v) is 9.23. The zero-order valence-corrected chi connectivity index (χ0v) is 17.7. The molecule has 7 heteroatoms. The summed E-state index contributed by atoms with van der Waals surface area (Å²) < 4.78 is 2.23. The lowest BCUT2D eigenvalue weighted by Crippen LogP contribution is -2.30. The second-order valence-electron chi connectivity index (χ2n) is 7.31. The molecule has 0 aliphatic heterocycles. The van der Waals surface area contributed by atoms with Gasteiger partial charge in [0.25, 0.3) is 0 Å². The second kappa shape index (κ2) is 8.49. The van der Waals surface area contributed by atoms with Crippen LogP contribution in [-0.4, -0.2) is 26.4 Å². The zero-order chi connectivity index (χ0) is 19.5. The van der Waals surface area contributed by atoms with Crippen molar-refractivity contribution in [1.82, 2.24) is 20.1 Å². The number of hydrogen-bond donors (Lipinski definition) is 1. The van der Waals surface area contributed by atoms with E-state index in [1.54, 1.807) is 11.3 Å². The summed E-state index contributed by atoms with van der Waals surface area (Å²) in [5.74, 6) is 1.69. The topological polar surface area (TPSA) is 59.8 Å². The third-order valence-electron chi connectivity index (χ3n) is 4.72. The van der Waals surface area contributed by atoms with Gasteiger partial charge >= 0.3 is 0 Å². The molecule has 0 bridgehead atoms. The molecule has 4 rings (SSSR count). The molecule has 28 heavy (non-hydrogen) atoms. The van der Waals surface area contributed by atoms with Crippen molar-refractivity contribution in [2.24, 2.45) is 0 Å². The summed E-state index contributed by atoms with van der Waals surface area (Å²) in [5, 5.41) is 14.8. The molecule has 2 aromatic heterocycles. The Bertz CT molecular complexity index is 917. The van der Waals surface area contributed by atoms with E-state index in [1.807, 2.05) is 29.6 Å². The molecular formula is C21H24N4OS2. The molecule has 3 aromatic rings. The smallest absolute Gasteiger partial charge is 0.231 e. The molecule has 1 amide bonds. The molecule has 1 saturated carbocycles. The van der Waals surface area contributed by atoms with E-state index < -0.39 is 0 Å². The highest BCUT2D eigenvalue weighted by atomic mass is 32.2. The summed E-state index contributed by atoms with van der Waals surface area (Å²) in [6.45, 7) is 4.27. The largest absolute Gasteiger partial charge is 0.344 e. The number of carbonyl (C=O) groups is 1. The third-order valence-corrected chi connectivity index (χ3v) is 6.60. The summed E-state index contributed by atoms with van der Waals surface area (Å²) in [6, 6.07) is 14.6. The Labute approximate surface area is 173 Å². The first-order chi connectivity index (χ1) is 13.6. The summed E-state index contributed by atoms with van der Waals surface area (Å²) in [4.78, 5) is 13.9. The number of thioether (sulfide) groups is 1. The molecule has 0 spiro atoms. The minimum Gasteiger partial charge on any atom is -0.344 e. The summed E-state index contributed by atoms with van der Waals surface area (Å²) >= 11 is 3.13. The van der Waals surface area contributed by atoms with Gasteiger partial charge in [-0.3, -0.25) is 4.79 Å². The molecule has 1 aliphatic rings. The molecule has 1 unspecified atom stereocenters. The molecule has 1 aliphatic carbocycles. The highest BCUT2D eigenvalue weighted by Crippen LogP contribution is 2.40. The number of carbonyl (C=O) groups excluding carboxylic acids is 1. The number of rotatable bonds is 8. The van der Waals surface area contributed by atoms with Gasteiger partial charge in [-0.25, -0.2) is 0 Å². The maximum Gasteiger partial charge on any atom is 0.231 e. The van der Waals surface area contributed by atoms with Crippen molar-refractivity contribution in [3.05, 3.63) is 64.1 Å². The van der Waals surface area contributed by atoms with E-state index in [1.165, 1.54) is 24.6 Å². The van der Waals surface area contributed by atoms with Crippen LogP contribution in [0.4, 0.5) is 0 Å². The van der Waals surface area contributed by atoms with Gasteiger partial charge in [0.2, 0.25) is 5.91 Å². The molecular weight excluding hydrogens is 388 g/mol. The summed E-state index contributed by atoms with van der Waals surface area (Å²) in [6.07, 6.45) is 2.35. The first kappa shape index (κ1) is 19.2. The molecule has 1 atom stereocenters. The number of aromatic nitrogens is 3. The molecule has 0 saturated heterocycles. The Hall–Kier alpha value is -2.12. The minimum absolute atomic E-state index is 0.00342. The van der Waals surface area contributed by atoms with Gasteiger partial charge in [0.05, 0.1) is 11.8 Å². The summed E-state index contributed by atoms with van der Waals surface area (Å²) in [5.41, 5.74) is 1.09. The standard InChI is InChI=1S/C21H24N4OS2/c1-14(2)20-23-24-21(25(20)16-10-11-16)28-13-18(26)22-19(17-9-6-12-27-17)15-7-4-3-5-8-15/h3-9,12,14,16,19H,10-11,13H2,1-2H3,(H,22,26). The van der Waals surface area contributed by atoms with Crippen LogP contribution in [0.5, 0.6) is 0 Å². The van der Waals surface area contributed by atoms with Crippen LogP contribution in [0.25, 0.3) is 0 Å². The van der Waals surface area contributed by atoms with Crippen LogP contribution in [0.15, 0.2) is 53.0 Å². The number of thiophene rings is 1. The predicted molar refractivity (Wildman–Crippen MR) is 114 cm³/mol. The van der Waals surface area contributed by atoms with Crippen LogP contribution in [0.2, 0.25) is 0 Å². The van der Waals surface area contributed by atoms with E-state index in [0.29, 0.717) is 17.7 Å². The molecule has 2 heterocycles. The molecule has 5 nitrogen and oxygen atoms in total. The highest BCUT2D eigenvalue weighted by Gasteiger charge is 2.30. The van der Waals surface area contributed by atoms with Gasteiger partial charge < -0.3 is 9.88 Å². The van der Waals surface area contributed by atoms with Gasteiger partial charge in [-0.15, -0.1) is 21.5 Å². The average molecular weight is 413 g/mol. The fraction of sp³-hybridized carbons (Fsp3) is 0.381. The van der Waals surface area contributed by atoms with E-state index in [2.05, 4.69) is 52.1 Å². The molecule has 0 radical (unpaired) electrons. The van der Waals surface area contributed by atoms with Crippen LogP contribution in [0.1, 0.15) is 61.0 Å². The lowest BCUT2D eigenvalue weighted by Gasteiger charge is -2.18. The number of hydrogen-bond acceptors (Lipinski definition) is 5. The van der Waals surface area contributed by atoms with Gasteiger partial charge in [-0.05, 0) is 29.9 Å². The van der Waals surface area contributed by atoms with Gasteiger partial charge in [-0.1, -0.05) is 62.0 Å². The molecule has 1 aromatic carbocycles. The average Bonchev–Trinajstić information content (AvgIpc) is 3.22. The first-order valence-corrected chi connectivity index (χ1v) is 11.5.